The van der Waals surface area contributed by atoms with Crippen LogP contribution in [0.3, 0.4) is 0 Å². The lowest BCUT2D eigenvalue weighted by molar-refractivity contribution is -0.384. The largest absolute Gasteiger partial charge is 0.462 e. The summed E-state index contributed by atoms with van der Waals surface area (Å²) in [7, 11) is 0. The van der Waals surface area contributed by atoms with E-state index in [9.17, 15) is 19.7 Å². The highest BCUT2D eigenvalue weighted by atomic mass is 16.6. The molecular formula is C12H14N2O5. The molecule has 0 saturated carbocycles. The number of hydrogen-bond acceptors (Lipinski definition) is 6. The Morgan fingerprint density at radius 1 is 1.42 bits per heavy atom. The number of benzene rings is 1. The minimum absolute atomic E-state index is 0.0203. The molecule has 19 heavy (non-hydrogen) atoms. The van der Waals surface area contributed by atoms with Crippen LogP contribution in [0.15, 0.2) is 18.2 Å². The fourth-order valence-electron chi connectivity index (χ4n) is 1.40. The molecule has 1 aromatic rings. The maximum atomic E-state index is 11.7. The van der Waals surface area contributed by atoms with Gasteiger partial charge >= 0.3 is 5.97 Å². The van der Waals surface area contributed by atoms with Crippen LogP contribution in [0, 0.1) is 10.1 Å². The van der Waals surface area contributed by atoms with Gasteiger partial charge in [0.2, 0.25) is 0 Å². The maximum absolute atomic E-state index is 11.7. The molecule has 1 N–H and O–H groups in total. The zero-order valence-corrected chi connectivity index (χ0v) is 10.6. The molecule has 1 rings (SSSR count). The molecule has 0 aliphatic rings. The summed E-state index contributed by atoms with van der Waals surface area (Å²) in [6.45, 7) is 3.20. The van der Waals surface area contributed by atoms with Gasteiger partial charge in [-0.25, -0.2) is 4.79 Å². The molecule has 0 aliphatic heterocycles. The summed E-state index contributed by atoms with van der Waals surface area (Å²) in [6, 6.07) is 3.72. The molecular weight excluding hydrogens is 252 g/mol. The van der Waals surface area contributed by atoms with Crippen molar-refractivity contribution in [3.8, 4) is 0 Å². The smallest absolute Gasteiger partial charge is 0.340 e. The number of carbonyl (C=O) groups is 2. The number of carbonyl (C=O) groups excluding carboxylic acids is 2. The van der Waals surface area contributed by atoms with Crippen LogP contribution in [-0.2, 0) is 9.53 Å². The Morgan fingerprint density at radius 3 is 2.63 bits per heavy atom. The Bertz CT molecular complexity index is 513. The minimum atomic E-state index is -0.594. The zero-order valence-electron chi connectivity index (χ0n) is 10.6. The van der Waals surface area contributed by atoms with Gasteiger partial charge in [0.1, 0.15) is 5.78 Å². The summed E-state index contributed by atoms with van der Waals surface area (Å²) in [4.78, 5) is 32.7. The van der Waals surface area contributed by atoms with Crippen LogP contribution in [-0.4, -0.2) is 29.8 Å². The van der Waals surface area contributed by atoms with E-state index in [1.54, 1.807) is 6.92 Å². The second kappa shape index (κ2) is 6.48. The first-order valence-electron chi connectivity index (χ1n) is 5.64. The molecule has 7 nitrogen and oxygen atoms in total. The van der Waals surface area contributed by atoms with Crippen LogP contribution >= 0.6 is 0 Å². The third-order valence-electron chi connectivity index (χ3n) is 2.24. The maximum Gasteiger partial charge on any atom is 0.340 e. The van der Waals surface area contributed by atoms with Gasteiger partial charge in [0.25, 0.3) is 5.69 Å². The van der Waals surface area contributed by atoms with Crippen molar-refractivity contribution < 1.29 is 19.2 Å². The molecule has 0 aromatic heterocycles. The van der Waals surface area contributed by atoms with Crippen LogP contribution in [0.25, 0.3) is 0 Å². The Morgan fingerprint density at radius 2 is 2.11 bits per heavy atom. The number of non-ortho nitro benzene ring substituents is 1. The van der Waals surface area contributed by atoms with Crippen LogP contribution in [0.2, 0.25) is 0 Å². The van der Waals surface area contributed by atoms with Gasteiger partial charge in [0.05, 0.1) is 29.3 Å². The lowest BCUT2D eigenvalue weighted by Gasteiger charge is -2.10. The molecule has 0 bridgehead atoms. The number of nitrogens with one attached hydrogen (secondary N) is 1. The van der Waals surface area contributed by atoms with Gasteiger partial charge in [-0.1, -0.05) is 0 Å². The van der Waals surface area contributed by atoms with Crippen LogP contribution in [0.4, 0.5) is 11.4 Å². The van der Waals surface area contributed by atoms with E-state index in [1.165, 1.54) is 25.1 Å². The number of esters is 1. The number of anilines is 1. The van der Waals surface area contributed by atoms with Gasteiger partial charge in [-0.15, -0.1) is 0 Å². The monoisotopic (exact) mass is 266 g/mol. The molecule has 1 aromatic carbocycles. The number of nitro benzene ring substituents is 1. The fraction of sp³-hybridized carbons (Fsp3) is 0.333. The van der Waals surface area contributed by atoms with Crippen LogP contribution < -0.4 is 5.32 Å². The number of ether oxygens (including phenoxy) is 1. The molecule has 0 fully saturated rings. The highest BCUT2D eigenvalue weighted by Crippen LogP contribution is 2.23. The topological polar surface area (TPSA) is 98.5 Å². The normalized spacial score (nSPS) is 9.79. The van der Waals surface area contributed by atoms with E-state index in [0.717, 1.165) is 0 Å². The summed E-state index contributed by atoms with van der Waals surface area (Å²) in [5.74, 6) is -0.746. The van der Waals surface area contributed by atoms with E-state index in [-0.39, 0.29) is 35.9 Å². The first-order chi connectivity index (χ1) is 8.95. The quantitative estimate of drug-likeness (QED) is 0.478. The molecule has 0 radical (unpaired) electrons. The van der Waals surface area contributed by atoms with Crippen molar-refractivity contribution in [3.05, 3.63) is 33.9 Å². The zero-order chi connectivity index (χ0) is 14.4. The summed E-state index contributed by atoms with van der Waals surface area (Å²) in [5.41, 5.74) is 0.204. The predicted octanol–water partition coefficient (Wildman–Crippen LogP) is 1.77. The summed E-state index contributed by atoms with van der Waals surface area (Å²) < 4.78 is 4.84. The van der Waals surface area contributed by atoms with Crippen molar-refractivity contribution in [2.24, 2.45) is 0 Å². The van der Waals surface area contributed by atoms with Gasteiger partial charge in [0, 0.05) is 12.1 Å². The van der Waals surface area contributed by atoms with Gasteiger partial charge in [0.15, 0.2) is 0 Å². The Labute approximate surface area is 109 Å². The molecule has 7 heteroatoms. The van der Waals surface area contributed by atoms with Crippen LogP contribution in [0.1, 0.15) is 24.2 Å². The lowest BCUT2D eigenvalue weighted by Crippen LogP contribution is -2.14. The molecule has 0 amide bonds. The standard InChI is InChI=1S/C12H14N2O5/c1-3-19-12(16)10-5-4-9(14(17)18)6-11(10)13-7-8(2)15/h4-6,13H,3,7H2,1-2H3. The molecule has 0 unspecified atom stereocenters. The molecule has 0 heterocycles. The Balaban J connectivity index is 3.10. The lowest BCUT2D eigenvalue weighted by atomic mass is 10.1. The molecule has 0 aliphatic carbocycles. The van der Waals surface area contributed by atoms with Crippen molar-refractivity contribution in [2.75, 3.05) is 18.5 Å². The third-order valence-corrected chi connectivity index (χ3v) is 2.24. The SMILES string of the molecule is CCOC(=O)c1ccc([N+](=O)[O-])cc1NCC(C)=O. The van der Waals surface area contributed by atoms with Crippen molar-refractivity contribution in [2.45, 2.75) is 13.8 Å². The van der Waals surface area contributed by atoms with Gasteiger partial charge in [-0.05, 0) is 19.9 Å². The van der Waals surface area contributed by atoms with Crippen molar-refractivity contribution in [3.63, 3.8) is 0 Å². The van der Waals surface area contributed by atoms with Gasteiger partial charge < -0.3 is 10.1 Å². The van der Waals surface area contributed by atoms with E-state index < -0.39 is 10.9 Å². The number of rotatable bonds is 6. The molecule has 0 saturated heterocycles. The van der Waals surface area contributed by atoms with Crippen LogP contribution in [0.5, 0.6) is 0 Å². The first-order valence-corrected chi connectivity index (χ1v) is 5.64. The van der Waals surface area contributed by atoms with Crippen molar-refractivity contribution >= 4 is 23.1 Å². The number of Topliss-reactive ketones (excluding diaryl/α,β-unsaturated/α-hetero) is 1. The fourth-order valence-corrected chi connectivity index (χ4v) is 1.40. The van der Waals surface area contributed by atoms with Gasteiger partial charge in [-0.2, -0.15) is 0 Å². The number of hydrogen-bond donors (Lipinski definition) is 1. The van der Waals surface area contributed by atoms with E-state index in [1.807, 2.05) is 0 Å². The minimum Gasteiger partial charge on any atom is -0.462 e. The van der Waals surface area contributed by atoms with E-state index in [0.29, 0.717) is 0 Å². The summed E-state index contributed by atoms with van der Waals surface area (Å²) in [5, 5.41) is 13.4. The average Bonchev–Trinajstić information content (AvgIpc) is 2.36. The van der Waals surface area contributed by atoms with E-state index in [4.69, 9.17) is 4.74 Å². The second-order valence-electron chi connectivity index (χ2n) is 3.76. The van der Waals surface area contributed by atoms with E-state index >= 15 is 0 Å². The van der Waals surface area contributed by atoms with E-state index in [2.05, 4.69) is 5.32 Å². The molecule has 102 valence electrons. The molecule has 0 atom stereocenters. The third kappa shape index (κ3) is 4.06. The Kier molecular flexibility index (Phi) is 4.99. The highest BCUT2D eigenvalue weighted by molar-refractivity contribution is 5.97. The number of ketones is 1. The number of nitro groups is 1. The highest BCUT2D eigenvalue weighted by Gasteiger charge is 2.17. The van der Waals surface area contributed by atoms with Crippen molar-refractivity contribution in [1.82, 2.24) is 0 Å². The average molecular weight is 266 g/mol. The Hall–Kier alpha value is -2.44. The predicted molar refractivity (Wildman–Crippen MR) is 68.2 cm³/mol. The van der Waals surface area contributed by atoms with Crippen molar-refractivity contribution in [1.29, 1.82) is 0 Å². The van der Waals surface area contributed by atoms with Gasteiger partial charge in [-0.3, -0.25) is 14.9 Å². The second-order valence-corrected chi connectivity index (χ2v) is 3.76. The first kappa shape index (κ1) is 14.6. The summed E-state index contributed by atoms with van der Waals surface area (Å²) in [6.07, 6.45) is 0. The number of nitrogens with zero attached hydrogens (tertiary/aromatic N) is 1. The molecule has 0 spiro atoms. The summed E-state index contributed by atoms with van der Waals surface area (Å²) >= 11 is 0.